The largest absolute Gasteiger partial charge is 0.152 e. The SMILES string of the molecule is C=CC(C)=CCCC(C)=CCCC(C)=CCCC(C)=CCCc1ccsc1. The van der Waals surface area contributed by atoms with Crippen LogP contribution in [0.15, 0.2) is 76.1 Å². The molecule has 0 nitrogen and oxygen atoms in total. The van der Waals surface area contributed by atoms with Crippen molar-refractivity contribution in [1.82, 2.24) is 0 Å². The van der Waals surface area contributed by atoms with Gasteiger partial charge in [0.2, 0.25) is 0 Å². The van der Waals surface area contributed by atoms with Gasteiger partial charge in [0.15, 0.2) is 0 Å². The first kappa shape index (κ1) is 23.4. The molecule has 0 N–H and O–H groups in total. The van der Waals surface area contributed by atoms with Crippen LogP contribution in [0.25, 0.3) is 0 Å². The molecule has 1 aromatic rings. The normalized spacial score (nSPS) is 13.9. The molecule has 0 fully saturated rings. The van der Waals surface area contributed by atoms with E-state index in [1.807, 2.05) is 6.08 Å². The minimum atomic E-state index is 1.12. The van der Waals surface area contributed by atoms with E-state index in [0.717, 1.165) is 25.7 Å². The molecular formula is C26H38S. The van der Waals surface area contributed by atoms with Crippen molar-refractivity contribution in [3.63, 3.8) is 0 Å². The molecule has 0 saturated heterocycles. The van der Waals surface area contributed by atoms with Crippen molar-refractivity contribution < 1.29 is 0 Å². The molecule has 0 radical (unpaired) electrons. The van der Waals surface area contributed by atoms with E-state index in [1.54, 1.807) is 11.3 Å². The van der Waals surface area contributed by atoms with Gasteiger partial charge in [-0.25, -0.2) is 0 Å². The summed E-state index contributed by atoms with van der Waals surface area (Å²) in [5, 5.41) is 4.42. The Labute approximate surface area is 172 Å². The first-order valence-corrected chi connectivity index (χ1v) is 11.2. The lowest BCUT2D eigenvalue weighted by Crippen LogP contribution is -1.83. The summed E-state index contributed by atoms with van der Waals surface area (Å²) in [5.41, 5.74) is 7.29. The summed E-state index contributed by atoms with van der Waals surface area (Å²) in [6.45, 7) is 12.7. The molecule has 148 valence electrons. The van der Waals surface area contributed by atoms with Gasteiger partial charge in [-0.05, 0) is 101 Å². The Kier molecular flexibility index (Phi) is 12.6. The van der Waals surface area contributed by atoms with Crippen LogP contribution in [0.1, 0.15) is 78.2 Å². The van der Waals surface area contributed by atoms with Gasteiger partial charge in [0, 0.05) is 0 Å². The van der Waals surface area contributed by atoms with Gasteiger partial charge in [-0.2, -0.15) is 11.3 Å². The summed E-state index contributed by atoms with van der Waals surface area (Å²) in [5.74, 6) is 0. The first-order chi connectivity index (χ1) is 13.0. The van der Waals surface area contributed by atoms with Crippen LogP contribution < -0.4 is 0 Å². The van der Waals surface area contributed by atoms with E-state index in [2.05, 4.69) is 75.4 Å². The van der Waals surface area contributed by atoms with E-state index >= 15 is 0 Å². The maximum atomic E-state index is 3.80. The number of hydrogen-bond acceptors (Lipinski definition) is 1. The molecule has 0 aliphatic rings. The molecular weight excluding hydrogens is 344 g/mol. The van der Waals surface area contributed by atoms with Crippen LogP contribution in [0.4, 0.5) is 0 Å². The van der Waals surface area contributed by atoms with E-state index in [0.29, 0.717) is 0 Å². The third-order valence-corrected chi connectivity index (χ3v) is 5.63. The Hall–Kier alpha value is -1.60. The molecule has 1 heteroatoms. The fourth-order valence-electron chi connectivity index (χ4n) is 2.93. The lowest BCUT2D eigenvalue weighted by molar-refractivity contribution is 0.894. The van der Waals surface area contributed by atoms with Crippen molar-refractivity contribution in [2.45, 2.75) is 79.1 Å². The summed E-state index contributed by atoms with van der Waals surface area (Å²) in [4.78, 5) is 0. The number of rotatable bonds is 13. The van der Waals surface area contributed by atoms with Crippen LogP contribution >= 0.6 is 11.3 Å². The lowest BCUT2D eigenvalue weighted by atomic mass is 10.0. The van der Waals surface area contributed by atoms with Gasteiger partial charge in [0.1, 0.15) is 0 Å². The average Bonchev–Trinajstić information content (AvgIpc) is 3.15. The number of allylic oxidation sites excluding steroid dienone is 9. The van der Waals surface area contributed by atoms with E-state index in [9.17, 15) is 0 Å². The molecule has 0 saturated carbocycles. The lowest BCUT2D eigenvalue weighted by Gasteiger charge is -2.03. The third-order valence-electron chi connectivity index (χ3n) is 4.90. The second kappa shape index (κ2) is 14.5. The van der Waals surface area contributed by atoms with Crippen LogP contribution in [0.3, 0.4) is 0 Å². The zero-order valence-electron chi connectivity index (χ0n) is 17.9. The van der Waals surface area contributed by atoms with Crippen molar-refractivity contribution in [2.24, 2.45) is 0 Å². The molecule has 1 rings (SSSR count). The smallest absolute Gasteiger partial charge is 0.00611 e. The van der Waals surface area contributed by atoms with E-state index in [1.165, 1.54) is 53.5 Å². The van der Waals surface area contributed by atoms with Crippen LogP contribution in [-0.2, 0) is 6.42 Å². The van der Waals surface area contributed by atoms with Gasteiger partial charge in [0.25, 0.3) is 0 Å². The maximum Gasteiger partial charge on any atom is -0.00611 e. The Morgan fingerprint density at radius 2 is 1.33 bits per heavy atom. The number of hydrogen-bond donors (Lipinski definition) is 0. The van der Waals surface area contributed by atoms with Crippen molar-refractivity contribution >= 4 is 11.3 Å². The quantitative estimate of drug-likeness (QED) is 0.236. The van der Waals surface area contributed by atoms with E-state index in [-0.39, 0.29) is 0 Å². The van der Waals surface area contributed by atoms with Crippen molar-refractivity contribution in [1.29, 1.82) is 0 Å². The van der Waals surface area contributed by atoms with Crippen LogP contribution in [0.2, 0.25) is 0 Å². The van der Waals surface area contributed by atoms with Gasteiger partial charge in [-0.3, -0.25) is 0 Å². The van der Waals surface area contributed by atoms with Gasteiger partial charge < -0.3 is 0 Å². The highest BCUT2D eigenvalue weighted by Crippen LogP contribution is 2.15. The predicted octanol–water partition coefficient (Wildman–Crippen LogP) is 8.99. The Morgan fingerprint density at radius 3 is 1.81 bits per heavy atom. The zero-order chi connectivity index (χ0) is 19.9. The van der Waals surface area contributed by atoms with Crippen molar-refractivity contribution in [2.75, 3.05) is 0 Å². The molecule has 0 atom stereocenters. The molecule has 0 aliphatic heterocycles. The summed E-state index contributed by atoms with van der Waals surface area (Å²) in [7, 11) is 0. The summed E-state index contributed by atoms with van der Waals surface area (Å²) in [6, 6.07) is 2.23. The fourth-order valence-corrected chi connectivity index (χ4v) is 3.63. The Bertz CT molecular complexity index is 650. The highest BCUT2D eigenvalue weighted by atomic mass is 32.1. The fraction of sp³-hybridized carbons (Fsp3) is 0.462. The minimum absolute atomic E-state index is 1.12. The highest BCUT2D eigenvalue weighted by Gasteiger charge is 1.95. The molecule has 0 aromatic carbocycles. The molecule has 0 bridgehead atoms. The van der Waals surface area contributed by atoms with Crippen LogP contribution in [0.5, 0.6) is 0 Å². The van der Waals surface area contributed by atoms with Crippen molar-refractivity contribution in [3.05, 3.63) is 81.6 Å². The molecule has 0 aliphatic carbocycles. The predicted molar refractivity (Wildman–Crippen MR) is 126 cm³/mol. The molecule has 27 heavy (non-hydrogen) atoms. The standard InChI is InChI=1S/C26H38S/c1-6-22(2)11-7-12-23(3)13-8-14-24(4)15-9-16-25(5)17-10-18-26-19-20-27-21-26/h6,11,13,15,17,19-21H,1,7-10,12,14,16,18H2,2-5H3. The summed E-state index contributed by atoms with van der Waals surface area (Å²) >= 11 is 1.79. The molecule has 0 unspecified atom stereocenters. The van der Waals surface area contributed by atoms with Gasteiger partial charge >= 0.3 is 0 Å². The Morgan fingerprint density at radius 1 is 0.815 bits per heavy atom. The van der Waals surface area contributed by atoms with Gasteiger partial charge in [0.05, 0.1) is 0 Å². The average molecular weight is 383 g/mol. The summed E-state index contributed by atoms with van der Waals surface area (Å²) in [6.07, 6.45) is 20.7. The molecule has 1 aromatic heterocycles. The van der Waals surface area contributed by atoms with Crippen molar-refractivity contribution in [3.8, 4) is 0 Å². The highest BCUT2D eigenvalue weighted by molar-refractivity contribution is 7.07. The van der Waals surface area contributed by atoms with Gasteiger partial charge in [-0.1, -0.05) is 59.3 Å². The third kappa shape index (κ3) is 12.4. The number of aryl methyl sites for hydroxylation is 1. The zero-order valence-corrected chi connectivity index (χ0v) is 18.7. The number of thiophene rings is 1. The maximum absolute atomic E-state index is 3.80. The van der Waals surface area contributed by atoms with E-state index < -0.39 is 0 Å². The second-order valence-corrected chi connectivity index (χ2v) is 8.37. The molecule has 0 spiro atoms. The first-order valence-electron chi connectivity index (χ1n) is 10.3. The summed E-state index contributed by atoms with van der Waals surface area (Å²) < 4.78 is 0. The molecule has 0 amide bonds. The van der Waals surface area contributed by atoms with Crippen LogP contribution in [-0.4, -0.2) is 0 Å². The topological polar surface area (TPSA) is 0 Å². The van der Waals surface area contributed by atoms with E-state index in [4.69, 9.17) is 0 Å². The molecule has 1 heterocycles. The Balaban J connectivity index is 2.20. The second-order valence-electron chi connectivity index (χ2n) is 7.59. The van der Waals surface area contributed by atoms with Crippen LogP contribution in [0, 0.1) is 0 Å². The monoisotopic (exact) mass is 382 g/mol. The van der Waals surface area contributed by atoms with Gasteiger partial charge in [-0.15, -0.1) is 0 Å². The minimum Gasteiger partial charge on any atom is -0.152 e.